The van der Waals surface area contributed by atoms with Crippen LogP contribution in [-0.2, 0) is 14.4 Å². The van der Waals surface area contributed by atoms with E-state index in [9.17, 15) is 14.4 Å². The molecule has 1 saturated heterocycles. The van der Waals surface area contributed by atoms with Crippen molar-refractivity contribution in [3.63, 3.8) is 0 Å². The molecule has 0 bridgehead atoms. The standard InChI is InChI=1S/C17H22N2O5/c1-2-24-14-8-4-3-7-13(14)18-15(20)10-16(21)19-9-5-6-12(11-19)17(22)23/h3-4,7-8,12H,2,5-6,9-11H2,1H3,(H,18,20)(H,22,23). The van der Waals surface area contributed by atoms with Gasteiger partial charge in [0.1, 0.15) is 12.2 Å². The summed E-state index contributed by atoms with van der Waals surface area (Å²) in [5.74, 6) is -1.70. The van der Waals surface area contributed by atoms with Gasteiger partial charge in [-0.25, -0.2) is 0 Å². The lowest BCUT2D eigenvalue weighted by Crippen LogP contribution is -2.43. The Morgan fingerprint density at radius 1 is 1.33 bits per heavy atom. The van der Waals surface area contributed by atoms with Crippen LogP contribution in [0.4, 0.5) is 5.69 Å². The number of carbonyl (C=O) groups excluding carboxylic acids is 2. The maximum absolute atomic E-state index is 12.2. The highest BCUT2D eigenvalue weighted by Crippen LogP contribution is 2.24. The van der Waals surface area contributed by atoms with Crippen LogP contribution in [0.2, 0.25) is 0 Å². The second kappa shape index (κ2) is 8.33. The first kappa shape index (κ1) is 17.8. The lowest BCUT2D eigenvalue weighted by atomic mass is 9.98. The molecule has 0 saturated carbocycles. The Balaban J connectivity index is 1.92. The van der Waals surface area contributed by atoms with E-state index >= 15 is 0 Å². The molecule has 0 aliphatic carbocycles. The predicted molar refractivity (Wildman–Crippen MR) is 87.8 cm³/mol. The SMILES string of the molecule is CCOc1ccccc1NC(=O)CC(=O)N1CCCC(C(=O)O)C1. The summed E-state index contributed by atoms with van der Waals surface area (Å²) in [7, 11) is 0. The molecule has 1 atom stereocenters. The molecule has 1 aliphatic heterocycles. The minimum atomic E-state index is -0.900. The third kappa shape index (κ3) is 4.71. The fourth-order valence-electron chi connectivity index (χ4n) is 2.70. The van der Waals surface area contributed by atoms with Crippen LogP contribution in [0.25, 0.3) is 0 Å². The number of para-hydroxylation sites is 2. The molecule has 24 heavy (non-hydrogen) atoms. The Hall–Kier alpha value is -2.57. The van der Waals surface area contributed by atoms with Crippen LogP contribution < -0.4 is 10.1 Å². The second-order valence-corrected chi connectivity index (χ2v) is 5.67. The van der Waals surface area contributed by atoms with Crippen LogP contribution in [-0.4, -0.2) is 47.5 Å². The van der Waals surface area contributed by atoms with Crippen molar-refractivity contribution in [3.8, 4) is 5.75 Å². The number of carbonyl (C=O) groups is 3. The summed E-state index contributed by atoms with van der Waals surface area (Å²) in [5.41, 5.74) is 0.513. The summed E-state index contributed by atoms with van der Waals surface area (Å²) >= 11 is 0. The van der Waals surface area contributed by atoms with Crippen LogP contribution in [0.15, 0.2) is 24.3 Å². The molecule has 1 heterocycles. The van der Waals surface area contributed by atoms with Gasteiger partial charge in [0, 0.05) is 13.1 Å². The molecule has 7 nitrogen and oxygen atoms in total. The Morgan fingerprint density at radius 2 is 2.08 bits per heavy atom. The number of carboxylic acids is 1. The minimum absolute atomic E-state index is 0.164. The molecule has 1 unspecified atom stereocenters. The Kier molecular flexibility index (Phi) is 6.17. The molecule has 2 rings (SSSR count). The number of hydrogen-bond donors (Lipinski definition) is 2. The van der Waals surface area contributed by atoms with Gasteiger partial charge < -0.3 is 20.1 Å². The smallest absolute Gasteiger partial charge is 0.308 e. The first-order chi connectivity index (χ1) is 11.5. The third-order valence-electron chi connectivity index (χ3n) is 3.90. The number of carboxylic acid groups (broad SMARTS) is 1. The van der Waals surface area contributed by atoms with E-state index in [0.29, 0.717) is 37.4 Å². The molecule has 1 aromatic carbocycles. The fraction of sp³-hybridized carbons (Fsp3) is 0.471. The molecule has 130 valence electrons. The second-order valence-electron chi connectivity index (χ2n) is 5.67. The zero-order chi connectivity index (χ0) is 17.5. The Labute approximate surface area is 140 Å². The van der Waals surface area contributed by atoms with Gasteiger partial charge in [-0.2, -0.15) is 0 Å². The average molecular weight is 334 g/mol. The lowest BCUT2D eigenvalue weighted by Gasteiger charge is -2.30. The van der Waals surface area contributed by atoms with Crippen LogP contribution in [0.3, 0.4) is 0 Å². The van der Waals surface area contributed by atoms with Crippen LogP contribution in [0, 0.1) is 5.92 Å². The average Bonchev–Trinajstić information content (AvgIpc) is 2.57. The molecule has 1 fully saturated rings. The Bertz CT molecular complexity index is 617. The van der Waals surface area contributed by atoms with Crippen molar-refractivity contribution in [2.75, 3.05) is 25.0 Å². The summed E-state index contributed by atoms with van der Waals surface area (Å²) < 4.78 is 5.42. The topological polar surface area (TPSA) is 95.9 Å². The van der Waals surface area contributed by atoms with Crippen molar-refractivity contribution < 1.29 is 24.2 Å². The molecule has 7 heteroatoms. The lowest BCUT2D eigenvalue weighted by molar-refractivity contribution is -0.145. The van der Waals surface area contributed by atoms with Gasteiger partial charge in [0.15, 0.2) is 0 Å². The Morgan fingerprint density at radius 3 is 2.79 bits per heavy atom. The van der Waals surface area contributed by atoms with Crippen molar-refractivity contribution in [2.24, 2.45) is 5.92 Å². The first-order valence-electron chi connectivity index (χ1n) is 8.03. The zero-order valence-electron chi connectivity index (χ0n) is 13.7. The van der Waals surface area contributed by atoms with E-state index in [4.69, 9.17) is 9.84 Å². The largest absolute Gasteiger partial charge is 0.492 e. The monoisotopic (exact) mass is 334 g/mol. The van der Waals surface area contributed by atoms with Gasteiger partial charge >= 0.3 is 5.97 Å². The molecule has 2 N–H and O–H groups in total. The molecule has 0 radical (unpaired) electrons. The summed E-state index contributed by atoms with van der Waals surface area (Å²) in [4.78, 5) is 36.8. The first-order valence-corrected chi connectivity index (χ1v) is 8.03. The number of hydrogen-bond acceptors (Lipinski definition) is 4. The van der Waals surface area contributed by atoms with E-state index < -0.39 is 17.8 Å². The number of nitrogens with one attached hydrogen (secondary N) is 1. The van der Waals surface area contributed by atoms with Crippen molar-refractivity contribution in [1.82, 2.24) is 4.90 Å². The van der Waals surface area contributed by atoms with Gasteiger partial charge in [0.25, 0.3) is 0 Å². The van der Waals surface area contributed by atoms with E-state index in [2.05, 4.69) is 5.32 Å². The van der Waals surface area contributed by atoms with Crippen molar-refractivity contribution in [3.05, 3.63) is 24.3 Å². The normalized spacial score (nSPS) is 17.2. The maximum atomic E-state index is 12.2. The molecule has 0 spiro atoms. The number of rotatable bonds is 6. The number of piperidine rings is 1. The van der Waals surface area contributed by atoms with Crippen LogP contribution >= 0.6 is 0 Å². The molecule has 2 amide bonds. The number of benzene rings is 1. The van der Waals surface area contributed by atoms with Gasteiger partial charge in [-0.05, 0) is 31.9 Å². The molecule has 1 aromatic rings. The van der Waals surface area contributed by atoms with Gasteiger partial charge in [-0.15, -0.1) is 0 Å². The zero-order valence-corrected chi connectivity index (χ0v) is 13.7. The van der Waals surface area contributed by atoms with Crippen LogP contribution in [0.1, 0.15) is 26.2 Å². The maximum Gasteiger partial charge on any atom is 0.308 e. The number of likely N-dealkylation sites (tertiary alicyclic amines) is 1. The van der Waals surface area contributed by atoms with E-state index in [1.807, 2.05) is 6.92 Å². The van der Waals surface area contributed by atoms with Crippen molar-refractivity contribution in [2.45, 2.75) is 26.2 Å². The third-order valence-corrected chi connectivity index (χ3v) is 3.90. The molecular formula is C17H22N2O5. The van der Waals surface area contributed by atoms with Gasteiger partial charge in [-0.3, -0.25) is 14.4 Å². The molecule has 1 aliphatic rings. The molecule has 0 aromatic heterocycles. The predicted octanol–water partition coefficient (Wildman–Crippen LogP) is 1.74. The minimum Gasteiger partial charge on any atom is -0.492 e. The fourth-order valence-corrected chi connectivity index (χ4v) is 2.70. The van der Waals surface area contributed by atoms with Gasteiger partial charge in [0.2, 0.25) is 11.8 Å². The van der Waals surface area contributed by atoms with E-state index in [1.54, 1.807) is 24.3 Å². The highest BCUT2D eigenvalue weighted by atomic mass is 16.5. The van der Waals surface area contributed by atoms with Crippen LogP contribution in [0.5, 0.6) is 5.75 Å². The van der Waals surface area contributed by atoms with E-state index in [-0.39, 0.29) is 18.9 Å². The number of amides is 2. The van der Waals surface area contributed by atoms with Gasteiger partial charge in [0.05, 0.1) is 18.2 Å². The van der Waals surface area contributed by atoms with E-state index in [1.165, 1.54) is 4.90 Å². The van der Waals surface area contributed by atoms with E-state index in [0.717, 1.165) is 0 Å². The highest BCUT2D eigenvalue weighted by Gasteiger charge is 2.28. The number of anilines is 1. The number of ether oxygens (including phenoxy) is 1. The summed E-state index contributed by atoms with van der Waals surface area (Å²) in [6.07, 6.45) is 0.886. The van der Waals surface area contributed by atoms with Crippen molar-refractivity contribution in [1.29, 1.82) is 0 Å². The van der Waals surface area contributed by atoms with Gasteiger partial charge in [-0.1, -0.05) is 12.1 Å². The number of nitrogens with zero attached hydrogens (tertiary/aromatic N) is 1. The summed E-state index contributed by atoms with van der Waals surface area (Å²) in [6, 6.07) is 7.01. The molecular weight excluding hydrogens is 312 g/mol. The highest BCUT2D eigenvalue weighted by molar-refractivity contribution is 6.04. The summed E-state index contributed by atoms with van der Waals surface area (Å²) in [5, 5.41) is 11.7. The van der Waals surface area contributed by atoms with Crippen molar-refractivity contribution >= 4 is 23.5 Å². The number of aliphatic carboxylic acids is 1. The summed E-state index contributed by atoms with van der Waals surface area (Å²) in [6.45, 7) is 2.97. The quantitative estimate of drug-likeness (QED) is 0.773.